The number of halogens is 3. The van der Waals surface area contributed by atoms with Crippen molar-refractivity contribution in [1.82, 2.24) is 5.32 Å². The molecule has 3 nitrogen and oxygen atoms in total. The van der Waals surface area contributed by atoms with Crippen LogP contribution in [0.4, 0.5) is 13.2 Å². The van der Waals surface area contributed by atoms with Gasteiger partial charge in [0.2, 0.25) is 0 Å². The fourth-order valence-corrected chi connectivity index (χ4v) is 0.622. The van der Waals surface area contributed by atoms with E-state index >= 15 is 0 Å². The van der Waals surface area contributed by atoms with Gasteiger partial charge in [-0.15, -0.1) is 0 Å². The van der Waals surface area contributed by atoms with Gasteiger partial charge in [-0.25, -0.2) is 0 Å². The Balaban J connectivity index is 3.62. The number of hydrogen-bond acceptors (Lipinski definition) is 2. The van der Waals surface area contributed by atoms with Gasteiger partial charge in [-0.05, 0) is 20.8 Å². The second-order valence-electron chi connectivity index (χ2n) is 3.71. The van der Waals surface area contributed by atoms with Gasteiger partial charge in [-0.3, -0.25) is 4.79 Å². The van der Waals surface area contributed by atoms with E-state index in [0.717, 1.165) is 0 Å². The molecule has 0 aliphatic rings. The quantitative estimate of drug-likeness (QED) is 0.721. The maximum atomic E-state index is 11.7. The van der Waals surface area contributed by atoms with Gasteiger partial charge >= 0.3 is 12.1 Å². The molecule has 0 bridgehead atoms. The number of rotatable bonds is 3. The summed E-state index contributed by atoms with van der Waals surface area (Å²) in [6.45, 7) is 5.25. The van der Waals surface area contributed by atoms with E-state index < -0.39 is 17.7 Å². The van der Waals surface area contributed by atoms with Crippen LogP contribution < -0.4 is 5.32 Å². The van der Waals surface area contributed by atoms with Crippen LogP contribution >= 0.6 is 0 Å². The van der Waals surface area contributed by atoms with Crippen LogP contribution in [0.15, 0.2) is 0 Å². The minimum atomic E-state index is -4.82. The Hall–Kier alpha value is -0.780. The summed E-state index contributed by atoms with van der Waals surface area (Å²) in [6, 6.07) is 0. The number of carbonyl (C=O) groups is 1. The van der Waals surface area contributed by atoms with Crippen molar-refractivity contribution in [2.45, 2.75) is 32.5 Å². The van der Waals surface area contributed by atoms with Crippen LogP contribution in [0.25, 0.3) is 0 Å². The van der Waals surface area contributed by atoms with Crippen molar-refractivity contribution in [3.05, 3.63) is 0 Å². The molecule has 84 valence electrons. The summed E-state index contributed by atoms with van der Waals surface area (Å²) in [7, 11) is 0. The third-order valence-corrected chi connectivity index (χ3v) is 1.18. The molecule has 0 aromatic heterocycles. The fourth-order valence-electron chi connectivity index (χ4n) is 0.622. The number of hydrogen-bond donors (Lipinski definition) is 1. The molecule has 0 atom stereocenters. The molecule has 0 fully saturated rings. The zero-order valence-electron chi connectivity index (χ0n) is 8.36. The lowest BCUT2D eigenvalue weighted by atomic mass is 10.2. The minimum Gasteiger partial charge on any atom is -0.374 e. The highest BCUT2D eigenvalue weighted by atomic mass is 19.4. The normalized spacial score (nSPS) is 12.7. The van der Waals surface area contributed by atoms with Gasteiger partial charge < -0.3 is 10.1 Å². The van der Waals surface area contributed by atoms with Gasteiger partial charge in [-0.1, -0.05) is 0 Å². The van der Waals surface area contributed by atoms with Crippen LogP contribution in [-0.4, -0.2) is 30.8 Å². The molecule has 0 saturated heterocycles. The lowest BCUT2D eigenvalue weighted by Crippen LogP contribution is -2.39. The van der Waals surface area contributed by atoms with Gasteiger partial charge in [-0.2, -0.15) is 13.2 Å². The second kappa shape index (κ2) is 4.63. The molecule has 0 radical (unpaired) electrons. The molecule has 0 spiro atoms. The molecule has 1 amide bonds. The Morgan fingerprint density at radius 3 is 2.14 bits per heavy atom. The molecule has 0 saturated carbocycles. The topological polar surface area (TPSA) is 38.3 Å². The summed E-state index contributed by atoms with van der Waals surface area (Å²) in [5, 5.41) is 1.71. The second-order valence-corrected chi connectivity index (χ2v) is 3.71. The SMILES string of the molecule is CC(C)(C)OCCNC(=O)C(F)(F)F. The number of alkyl halides is 3. The molecule has 0 heterocycles. The molecule has 1 N–H and O–H groups in total. The third kappa shape index (κ3) is 6.71. The van der Waals surface area contributed by atoms with Crippen molar-refractivity contribution in [3.63, 3.8) is 0 Å². The maximum Gasteiger partial charge on any atom is 0.471 e. The van der Waals surface area contributed by atoms with Crippen LogP contribution in [0.3, 0.4) is 0 Å². The molecule has 0 rings (SSSR count). The van der Waals surface area contributed by atoms with E-state index in [4.69, 9.17) is 4.74 Å². The first kappa shape index (κ1) is 13.2. The lowest BCUT2D eigenvalue weighted by molar-refractivity contribution is -0.173. The Morgan fingerprint density at radius 2 is 1.79 bits per heavy atom. The predicted molar refractivity (Wildman–Crippen MR) is 44.8 cm³/mol. The highest BCUT2D eigenvalue weighted by Crippen LogP contribution is 2.13. The Kier molecular flexibility index (Phi) is 4.38. The average molecular weight is 213 g/mol. The maximum absolute atomic E-state index is 11.7. The highest BCUT2D eigenvalue weighted by molar-refractivity contribution is 5.81. The number of carbonyl (C=O) groups excluding carboxylic acids is 1. The molecule has 0 aliphatic heterocycles. The predicted octanol–water partition coefficient (Wildman–Crippen LogP) is 1.48. The summed E-state index contributed by atoms with van der Waals surface area (Å²) in [5.74, 6) is -1.94. The molecule has 6 heteroatoms. The minimum absolute atomic E-state index is 0.0608. The summed E-state index contributed by atoms with van der Waals surface area (Å²) in [5.41, 5.74) is -0.414. The standard InChI is InChI=1S/C8H14F3NO2/c1-7(2,3)14-5-4-12-6(13)8(9,10)11/h4-5H2,1-3H3,(H,12,13). The lowest BCUT2D eigenvalue weighted by Gasteiger charge is -2.19. The first-order chi connectivity index (χ1) is 6.13. The van der Waals surface area contributed by atoms with Crippen LogP contribution in [0.1, 0.15) is 20.8 Å². The van der Waals surface area contributed by atoms with Gasteiger partial charge in [0.25, 0.3) is 0 Å². The molecule has 0 aromatic carbocycles. The molecule has 0 aliphatic carbocycles. The molecule has 14 heavy (non-hydrogen) atoms. The number of amides is 1. The summed E-state index contributed by atoms with van der Waals surface area (Å²) in [6.07, 6.45) is -4.82. The summed E-state index contributed by atoms with van der Waals surface area (Å²) < 4.78 is 40.1. The van der Waals surface area contributed by atoms with Crippen molar-refractivity contribution < 1.29 is 22.7 Å². The van der Waals surface area contributed by atoms with Gasteiger partial charge in [0, 0.05) is 6.54 Å². The summed E-state index contributed by atoms with van der Waals surface area (Å²) in [4.78, 5) is 10.3. The zero-order valence-corrected chi connectivity index (χ0v) is 8.36. The van der Waals surface area contributed by atoms with Crippen molar-refractivity contribution >= 4 is 5.91 Å². The number of nitrogens with one attached hydrogen (secondary N) is 1. The Labute approximate surface area is 80.6 Å². The van der Waals surface area contributed by atoms with Crippen LogP contribution in [-0.2, 0) is 9.53 Å². The van der Waals surface area contributed by atoms with Gasteiger partial charge in [0.05, 0.1) is 12.2 Å². The van der Waals surface area contributed by atoms with E-state index in [1.165, 1.54) is 0 Å². The van der Waals surface area contributed by atoms with Crippen molar-refractivity contribution in [2.24, 2.45) is 0 Å². The Morgan fingerprint density at radius 1 is 1.29 bits per heavy atom. The van der Waals surface area contributed by atoms with Crippen LogP contribution in [0.5, 0.6) is 0 Å². The van der Waals surface area contributed by atoms with E-state index in [9.17, 15) is 18.0 Å². The van der Waals surface area contributed by atoms with E-state index in [1.807, 2.05) is 0 Å². The van der Waals surface area contributed by atoms with E-state index in [-0.39, 0.29) is 13.2 Å². The Bertz CT molecular complexity index is 196. The van der Waals surface area contributed by atoms with E-state index in [0.29, 0.717) is 0 Å². The van der Waals surface area contributed by atoms with Crippen LogP contribution in [0, 0.1) is 0 Å². The van der Waals surface area contributed by atoms with Crippen molar-refractivity contribution in [2.75, 3.05) is 13.2 Å². The van der Waals surface area contributed by atoms with Gasteiger partial charge in [0.15, 0.2) is 0 Å². The largest absolute Gasteiger partial charge is 0.471 e. The van der Waals surface area contributed by atoms with E-state index in [2.05, 4.69) is 0 Å². The monoisotopic (exact) mass is 213 g/mol. The van der Waals surface area contributed by atoms with Crippen molar-refractivity contribution in [3.8, 4) is 0 Å². The van der Waals surface area contributed by atoms with E-state index in [1.54, 1.807) is 26.1 Å². The fraction of sp³-hybridized carbons (Fsp3) is 0.875. The zero-order chi connectivity index (χ0) is 11.4. The molecule has 0 aromatic rings. The smallest absolute Gasteiger partial charge is 0.374 e. The number of ether oxygens (including phenoxy) is 1. The first-order valence-electron chi connectivity index (χ1n) is 4.12. The third-order valence-electron chi connectivity index (χ3n) is 1.18. The molecular weight excluding hydrogens is 199 g/mol. The van der Waals surface area contributed by atoms with Crippen LogP contribution in [0.2, 0.25) is 0 Å². The average Bonchev–Trinajstić information content (AvgIpc) is 1.93. The summed E-state index contributed by atoms with van der Waals surface area (Å²) >= 11 is 0. The van der Waals surface area contributed by atoms with Gasteiger partial charge in [0.1, 0.15) is 0 Å². The van der Waals surface area contributed by atoms with Crippen molar-refractivity contribution in [1.29, 1.82) is 0 Å². The highest BCUT2D eigenvalue weighted by Gasteiger charge is 2.38. The molecule has 0 unspecified atom stereocenters. The molecular formula is C8H14F3NO2. The first-order valence-corrected chi connectivity index (χ1v) is 4.12.